The molecule has 2 aromatic rings. The number of allylic oxidation sites excluding steroid dienone is 2. The minimum Gasteiger partial charge on any atom is -0.494 e. The van der Waals surface area contributed by atoms with Crippen LogP contribution in [-0.4, -0.2) is 12.4 Å². The van der Waals surface area contributed by atoms with E-state index in [-0.39, 0.29) is 11.7 Å². The van der Waals surface area contributed by atoms with Crippen molar-refractivity contribution in [2.75, 3.05) is 11.9 Å². The van der Waals surface area contributed by atoms with Gasteiger partial charge >= 0.3 is 0 Å². The van der Waals surface area contributed by atoms with Gasteiger partial charge in [0, 0.05) is 29.8 Å². The Kier molecular flexibility index (Phi) is 4.28. The molecule has 1 aliphatic rings. The van der Waals surface area contributed by atoms with Gasteiger partial charge in [-0.05, 0) is 49.7 Å². The third-order valence-corrected chi connectivity index (χ3v) is 3.66. The average Bonchev–Trinajstić information content (AvgIpc) is 3.03. The lowest BCUT2D eigenvalue weighted by atomic mass is 9.89. The number of furan rings is 1. The van der Waals surface area contributed by atoms with E-state index in [4.69, 9.17) is 9.15 Å². The first-order chi connectivity index (χ1) is 10.7. The van der Waals surface area contributed by atoms with Gasteiger partial charge in [0.25, 0.3) is 0 Å². The topological polar surface area (TPSA) is 51.5 Å². The maximum atomic E-state index is 11.9. The average molecular weight is 297 g/mol. The minimum atomic E-state index is 0.109. The SMILES string of the molecule is CCOc1ccc(NC2=CC(=O)C[C@H](c3ccco3)C2)cc1. The number of hydrogen-bond donors (Lipinski definition) is 1. The summed E-state index contributed by atoms with van der Waals surface area (Å²) in [6.45, 7) is 2.61. The summed E-state index contributed by atoms with van der Waals surface area (Å²) in [4.78, 5) is 11.9. The smallest absolute Gasteiger partial charge is 0.158 e. The van der Waals surface area contributed by atoms with Crippen LogP contribution >= 0.6 is 0 Å². The summed E-state index contributed by atoms with van der Waals surface area (Å²) in [6.07, 6.45) is 4.61. The van der Waals surface area contributed by atoms with Gasteiger partial charge in [-0.2, -0.15) is 0 Å². The molecule has 4 heteroatoms. The number of carbonyl (C=O) groups excluding carboxylic acids is 1. The summed E-state index contributed by atoms with van der Waals surface area (Å²) >= 11 is 0. The predicted molar refractivity (Wildman–Crippen MR) is 85.0 cm³/mol. The molecule has 4 nitrogen and oxygen atoms in total. The lowest BCUT2D eigenvalue weighted by Gasteiger charge is -2.21. The van der Waals surface area contributed by atoms with Crippen LogP contribution in [0.4, 0.5) is 5.69 Å². The molecule has 0 unspecified atom stereocenters. The van der Waals surface area contributed by atoms with E-state index in [1.807, 2.05) is 43.3 Å². The fourth-order valence-electron chi connectivity index (χ4n) is 2.69. The number of benzene rings is 1. The van der Waals surface area contributed by atoms with Crippen LogP contribution in [0.1, 0.15) is 31.4 Å². The summed E-state index contributed by atoms with van der Waals surface area (Å²) < 4.78 is 10.9. The van der Waals surface area contributed by atoms with Crippen LogP contribution in [0.2, 0.25) is 0 Å². The van der Waals surface area contributed by atoms with Crippen molar-refractivity contribution in [2.24, 2.45) is 0 Å². The number of nitrogens with one attached hydrogen (secondary N) is 1. The highest BCUT2D eigenvalue weighted by Gasteiger charge is 2.24. The molecular formula is C18H19NO3. The molecule has 1 aliphatic carbocycles. The van der Waals surface area contributed by atoms with Crippen LogP contribution in [0, 0.1) is 0 Å². The van der Waals surface area contributed by atoms with Crippen LogP contribution < -0.4 is 10.1 Å². The van der Waals surface area contributed by atoms with E-state index >= 15 is 0 Å². The lowest BCUT2D eigenvalue weighted by Crippen LogP contribution is -2.16. The van der Waals surface area contributed by atoms with Crippen molar-refractivity contribution >= 4 is 11.5 Å². The Bertz CT molecular complexity index is 656. The number of ether oxygens (including phenoxy) is 1. The van der Waals surface area contributed by atoms with Gasteiger partial charge in [-0.15, -0.1) is 0 Å². The predicted octanol–water partition coefficient (Wildman–Crippen LogP) is 4.12. The first-order valence-electron chi connectivity index (χ1n) is 7.51. The fraction of sp³-hybridized carbons (Fsp3) is 0.278. The summed E-state index contributed by atoms with van der Waals surface area (Å²) in [6, 6.07) is 11.5. The summed E-state index contributed by atoms with van der Waals surface area (Å²) in [5.41, 5.74) is 1.87. The first-order valence-corrected chi connectivity index (χ1v) is 7.51. The van der Waals surface area contributed by atoms with Crippen molar-refractivity contribution in [2.45, 2.75) is 25.7 Å². The van der Waals surface area contributed by atoms with Gasteiger partial charge in [-0.1, -0.05) is 0 Å². The van der Waals surface area contributed by atoms with Crippen molar-refractivity contribution in [1.29, 1.82) is 0 Å². The van der Waals surface area contributed by atoms with Crippen LogP contribution in [0.3, 0.4) is 0 Å². The number of hydrogen-bond acceptors (Lipinski definition) is 4. The molecule has 1 N–H and O–H groups in total. The van der Waals surface area contributed by atoms with Crippen molar-refractivity contribution < 1.29 is 13.9 Å². The Morgan fingerprint density at radius 2 is 2.05 bits per heavy atom. The van der Waals surface area contributed by atoms with Gasteiger partial charge in [-0.25, -0.2) is 0 Å². The van der Waals surface area contributed by atoms with Crippen molar-refractivity contribution in [1.82, 2.24) is 0 Å². The third kappa shape index (κ3) is 3.39. The van der Waals surface area contributed by atoms with E-state index in [1.165, 1.54) is 0 Å². The van der Waals surface area contributed by atoms with Crippen LogP contribution in [0.25, 0.3) is 0 Å². The molecule has 3 rings (SSSR count). The molecule has 1 heterocycles. The highest BCUT2D eigenvalue weighted by Crippen LogP contribution is 2.32. The van der Waals surface area contributed by atoms with Crippen molar-refractivity contribution in [3.05, 3.63) is 60.2 Å². The molecular weight excluding hydrogens is 278 g/mol. The molecule has 1 atom stereocenters. The normalized spacial score (nSPS) is 18.0. The van der Waals surface area contributed by atoms with E-state index in [0.717, 1.165) is 29.3 Å². The largest absolute Gasteiger partial charge is 0.494 e. The highest BCUT2D eigenvalue weighted by molar-refractivity contribution is 5.92. The standard InChI is InChI=1S/C18H19NO3/c1-2-21-17-7-5-14(6-8-17)19-15-10-13(11-16(20)12-15)18-4-3-9-22-18/h3-9,12-13,19H,2,10-11H2,1H3/t13-/m1/s1. The van der Waals surface area contributed by atoms with Crippen molar-refractivity contribution in [3.63, 3.8) is 0 Å². The molecule has 1 aromatic carbocycles. The van der Waals surface area contributed by atoms with Gasteiger partial charge in [0.2, 0.25) is 0 Å². The summed E-state index contributed by atoms with van der Waals surface area (Å²) in [7, 11) is 0. The fourth-order valence-corrected chi connectivity index (χ4v) is 2.69. The number of rotatable bonds is 5. The Balaban J connectivity index is 1.70. The number of anilines is 1. The van der Waals surface area contributed by atoms with E-state index in [1.54, 1.807) is 12.3 Å². The molecule has 0 aliphatic heterocycles. The highest BCUT2D eigenvalue weighted by atomic mass is 16.5. The molecule has 114 valence electrons. The zero-order valence-corrected chi connectivity index (χ0v) is 12.5. The van der Waals surface area contributed by atoms with Gasteiger partial charge in [0.1, 0.15) is 11.5 Å². The summed E-state index contributed by atoms with van der Waals surface area (Å²) in [5.74, 6) is 1.95. The maximum absolute atomic E-state index is 11.9. The molecule has 22 heavy (non-hydrogen) atoms. The van der Waals surface area contributed by atoms with Crippen LogP contribution in [0.5, 0.6) is 5.75 Å². The molecule has 0 saturated heterocycles. The number of carbonyl (C=O) groups is 1. The Morgan fingerprint density at radius 3 is 2.73 bits per heavy atom. The molecule has 0 bridgehead atoms. The van der Waals surface area contributed by atoms with E-state index in [0.29, 0.717) is 13.0 Å². The Labute approximate surface area is 129 Å². The molecule has 0 fully saturated rings. The molecule has 0 amide bonds. The first kappa shape index (κ1) is 14.4. The van der Waals surface area contributed by atoms with Gasteiger partial charge in [0.05, 0.1) is 12.9 Å². The minimum absolute atomic E-state index is 0.109. The molecule has 1 aromatic heterocycles. The molecule has 0 saturated carbocycles. The van der Waals surface area contributed by atoms with Gasteiger partial charge in [-0.3, -0.25) is 4.79 Å². The monoisotopic (exact) mass is 297 g/mol. The second-order valence-electron chi connectivity index (χ2n) is 5.34. The third-order valence-electron chi connectivity index (χ3n) is 3.66. The van der Waals surface area contributed by atoms with Gasteiger partial charge in [0.15, 0.2) is 5.78 Å². The van der Waals surface area contributed by atoms with E-state index < -0.39 is 0 Å². The van der Waals surface area contributed by atoms with Crippen molar-refractivity contribution in [3.8, 4) is 5.75 Å². The zero-order chi connectivity index (χ0) is 15.4. The van der Waals surface area contributed by atoms with Gasteiger partial charge < -0.3 is 14.5 Å². The zero-order valence-electron chi connectivity index (χ0n) is 12.5. The Hall–Kier alpha value is -2.49. The van der Waals surface area contributed by atoms with Crippen LogP contribution in [0.15, 0.2) is 58.9 Å². The number of ketones is 1. The molecule has 0 spiro atoms. The lowest BCUT2D eigenvalue weighted by molar-refractivity contribution is -0.115. The second kappa shape index (κ2) is 6.52. The van der Waals surface area contributed by atoms with Crippen LogP contribution in [-0.2, 0) is 4.79 Å². The summed E-state index contributed by atoms with van der Waals surface area (Å²) in [5, 5.41) is 3.32. The molecule has 0 radical (unpaired) electrons. The maximum Gasteiger partial charge on any atom is 0.158 e. The second-order valence-corrected chi connectivity index (χ2v) is 5.34. The Morgan fingerprint density at radius 1 is 1.23 bits per heavy atom. The quantitative estimate of drug-likeness (QED) is 0.902. The van der Waals surface area contributed by atoms with E-state index in [9.17, 15) is 4.79 Å². The van der Waals surface area contributed by atoms with E-state index in [2.05, 4.69) is 5.32 Å².